The van der Waals surface area contributed by atoms with Crippen LogP contribution in [-0.2, 0) is 15.8 Å². The second kappa shape index (κ2) is 14.3. The lowest BCUT2D eigenvalue weighted by molar-refractivity contribution is -0.137. The number of hydrogen-bond acceptors (Lipinski definition) is 4. The lowest BCUT2D eigenvalue weighted by atomic mass is 10.1. The Labute approximate surface area is 259 Å². The number of amides is 3. The zero-order valence-corrected chi connectivity index (χ0v) is 24.4. The molecule has 0 heterocycles. The lowest BCUT2D eigenvalue weighted by Gasteiger charge is -2.13. The summed E-state index contributed by atoms with van der Waals surface area (Å²) in [5.74, 6) is -1.69. The first-order valence-corrected chi connectivity index (χ1v) is 14.3. The van der Waals surface area contributed by atoms with E-state index >= 15 is 0 Å². The topological polar surface area (TPSA) is 87.3 Å². The number of anilines is 2. The highest BCUT2D eigenvalue weighted by molar-refractivity contribution is 8.00. The Bertz CT molecular complexity index is 1640. The molecule has 0 unspecified atom stereocenters. The van der Waals surface area contributed by atoms with Crippen LogP contribution in [0.2, 0.25) is 10.0 Å². The number of nitrogens with one attached hydrogen (secondary N) is 3. The molecule has 12 heteroatoms. The van der Waals surface area contributed by atoms with E-state index in [1.165, 1.54) is 18.2 Å². The van der Waals surface area contributed by atoms with Crippen molar-refractivity contribution in [3.63, 3.8) is 0 Å². The number of carbonyl (C=O) groups excluding carboxylic acids is 3. The smallest absolute Gasteiger partial charge is 0.325 e. The summed E-state index contributed by atoms with van der Waals surface area (Å²) in [5, 5.41) is 8.34. The maximum Gasteiger partial charge on any atom is 0.416 e. The van der Waals surface area contributed by atoms with E-state index in [-0.39, 0.29) is 27.2 Å². The summed E-state index contributed by atoms with van der Waals surface area (Å²) in [6.45, 7) is 0. The third kappa shape index (κ3) is 9.12. The van der Waals surface area contributed by atoms with Crippen molar-refractivity contribution < 1.29 is 27.6 Å². The maximum absolute atomic E-state index is 13.3. The minimum absolute atomic E-state index is 0.0415. The third-order valence-corrected chi connectivity index (χ3v) is 7.44. The van der Waals surface area contributed by atoms with Crippen LogP contribution >= 0.6 is 35.0 Å². The van der Waals surface area contributed by atoms with Gasteiger partial charge in [-0.3, -0.25) is 14.4 Å². The Morgan fingerprint density at radius 3 is 2.07 bits per heavy atom. The van der Waals surface area contributed by atoms with Crippen LogP contribution in [0.25, 0.3) is 6.08 Å². The lowest BCUT2D eigenvalue weighted by Crippen LogP contribution is -2.30. The van der Waals surface area contributed by atoms with Crippen molar-refractivity contribution in [3.05, 3.63) is 129 Å². The Balaban J connectivity index is 1.42. The first-order chi connectivity index (χ1) is 20.5. The molecule has 0 aliphatic carbocycles. The first-order valence-electron chi connectivity index (χ1n) is 12.5. The number of thioether (sulfide) groups is 1. The Hall–Kier alpha value is -4.25. The molecule has 6 nitrogen and oxygen atoms in total. The van der Waals surface area contributed by atoms with E-state index in [9.17, 15) is 27.6 Å². The molecule has 0 radical (unpaired) electrons. The predicted octanol–water partition coefficient (Wildman–Crippen LogP) is 8.15. The molecule has 0 aliphatic rings. The molecule has 0 bridgehead atoms. The van der Waals surface area contributed by atoms with E-state index in [2.05, 4.69) is 16.0 Å². The average molecular weight is 645 g/mol. The zero-order chi connectivity index (χ0) is 31.0. The summed E-state index contributed by atoms with van der Waals surface area (Å²) >= 11 is 13.7. The third-order valence-electron chi connectivity index (χ3n) is 5.77. The van der Waals surface area contributed by atoms with Crippen LogP contribution in [0.5, 0.6) is 0 Å². The number of benzene rings is 4. The highest BCUT2D eigenvalue weighted by Gasteiger charge is 2.30. The SMILES string of the molecule is O=C(CSc1ccc(NC(=O)/C(=C/c2c(Cl)cccc2Cl)NC(=O)c2ccccc2)cc1)Nc1cccc(C(F)(F)F)c1. The molecule has 220 valence electrons. The molecular weight excluding hydrogens is 622 g/mol. The second-order valence-corrected chi connectivity index (χ2v) is 10.8. The monoisotopic (exact) mass is 643 g/mol. The first kappa shape index (κ1) is 31.7. The molecule has 0 saturated heterocycles. The number of rotatable bonds is 9. The van der Waals surface area contributed by atoms with E-state index in [4.69, 9.17) is 23.2 Å². The molecular formula is C31H22Cl2F3N3O3S. The molecule has 4 aromatic carbocycles. The summed E-state index contributed by atoms with van der Waals surface area (Å²) in [4.78, 5) is 39.1. The maximum atomic E-state index is 13.3. The molecule has 0 fully saturated rings. The molecule has 0 atom stereocenters. The standard InChI is InChI=1S/C31H22Cl2F3N3O3S/c32-25-10-5-11-26(33)24(25)17-27(39-29(41)19-6-2-1-3-7-19)30(42)38-21-12-14-23(15-13-21)43-18-28(40)37-22-9-4-8-20(16-22)31(34,35)36/h1-17H,18H2,(H,37,40)(H,38,42)(H,39,41)/b27-17-. The van der Waals surface area contributed by atoms with Crippen molar-refractivity contribution in [2.24, 2.45) is 0 Å². The van der Waals surface area contributed by atoms with Gasteiger partial charge < -0.3 is 16.0 Å². The average Bonchev–Trinajstić information content (AvgIpc) is 2.98. The molecule has 0 aromatic heterocycles. The molecule has 4 rings (SSSR count). The van der Waals surface area contributed by atoms with E-state index < -0.39 is 29.5 Å². The van der Waals surface area contributed by atoms with Gasteiger partial charge in [0.2, 0.25) is 5.91 Å². The fourth-order valence-corrected chi connectivity index (χ4v) is 4.89. The minimum atomic E-state index is -4.52. The zero-order valence-electron chi connectivity index (χ0n) is 22.0. The van der Waals surface area contributed by atoms with Gasteiger partial charge in [-0.05, 0) is 72.8 Å². The molecule has 0 saturated carbocycles. The van der Waals surface area contributed by atoms with Crippen LogP contribution < -0.4 is 16.0 Å². The van der Waals surface area contributed by atoms with E-state index in [0.717, 1.165) is 23.9 Å². The Kier molecular flexibility index (Phi) is 10.5. The summed E-state index contributed by atoms with van der Waals surface area (Å²) in [6, 6.07) is 24.1. The number of carbonyl (C=O) groups is 3. The Morgan fingerprint density at radius 1 is 0.767 bits per heavy atom. The molecule has 43 heavy (non-hydrogen) atoms. The van der Waals surface area contributed by atoms with Crippen molar-refractivity contribution in [2.75, 3.05) is 16.4 Å². The van der Waals surface area contributed by atoms with Crippen molar-refractivity contribution in [1.29, 1.82) is 0 Å². The van der Waals surface area contributed by atoms with Crippen LogP contribution in [0.15, 0.2) is 108 Å². The van der Waals surface area contributed by atoms with Gasteiger partial charge in [-0.15, -0.1) is 11.8 Å². The molecule has 3 amide bonds. The largest absolute Gasteiger partial charge is 0.416 e. The molecule has 0 spiro atoms. The van der Waals surface area contributed by atoms with Gasteiger partial charge in [0.15, 0.2) is 0 Å². The second-order valence-electron chi connectivity index (χ2n) is 8.91. The summed E-state index contributed by atoms with van der Waals surface area (Å²) in [5.41, 5.74) is 0.161. The van der Waals surface area contributed by atoms with Gasteiger partial charge in [-0.2, -0.15) is 13.2 Å². The molecule has 0 aliphatic heterocycles. The van der Waals surface area contributed by atoms with Crippen LogP contribution in [0.4, 0.5) is 24.5 Å². The van der Waals surface area contributed by atoms with Gasteiger partial charge in [0.05, 0.1) is 11.3 Å². The fourth-order valence-electron chi connectivity index (χ4n) is 3.69. The van der Waals surface area contributed by atoms with Crippen molar-refractivity contribution in [2.45, 2.75) is 11.1 Å². The van der Waals surface area contributed by atoms with Gasteiger partial charge in [0.25, 0.3) is 11.8 Å². The number of hydrogen-bond donors (Lipinski definition) is 3. The van der Waals surface area contributed by atoms with Crippen molar-refractivity contribution in [3.8, 4) is 0 Å². The van der Waals surface area contributed by atoms with E-state index in [1.54, 1.807) is 72.8 Å². The summed E-state index contributed by atoms with van der Waals surface area (Å²) in [7, 11) is 0. The van der Waals surface area contributed by atoms with Crippen molar-refractivity contribution >= 4 is 70.1 Å². The van der Waals surface area contributed by atoms with Crippen LogP contribution in [0, 0.1) is 0 Å². The van der Waals surface area contributed by atoms with Crippen molar-refractivity contribution in [1.82, 2.24) is 5.32 Å². The fraction of sp³-hybridized carbons (Fsp3) is 0.0645. The Morgan fingerprint density at radius 2 is 1.42 bits per heavy atom. The van der Waals surface area contributed by atoms with E-state index in [1.807, 2.05) is 0 Å². The van der Waals surface area contributed by atoms with Gasteiger partial charge >= 0.3 is 6.18 Å². The summed E-state index contributed by atoms with van der Waals surface area (Å²) < 4.78 is 38.7. The van der Waals surface area contributed by atoms with Gasteiger partial charge in [-0.25, -0.2) is 0 Å². The quantitative estimate of drug-likeness (QED) is 0.127. The van der Waals surface area contributed by atoms with Gasteiger partial charge in [-0.1, -0.05) is 53.5 Å². The predicted molar refractivity (Wildman–Crippen MR) is 164 cm³/mol. The summed E-state index contributed by atoms with van der Waals surface area (Å²) in [6.07, 6.45) is -3.13. The van der Waals surface area contributed by atoms with E-state index in [0.29, 0.717) is 21.7 Å². The number of alkyl halides is 3. The number of halogens is 5. The molecule has 4 aromatic rings. The van der Waals surface area contributed by atoms with Crippen LogP contribution in [-0.4, -0.2) is 23.5 Å². The highest BCUT2D eigenvalue weighted by Crippen LogP contribution is 2.31. The van der Waals surface area contributed by atoms with Crippen LogP contribution in [0.3, 0.4) is 0 Å². The van der Waals surface area contributed by atoms with Gasteiger partial charge in [0, 0.05) is 37.4 Å². The minimum Gasteiger partial charge on any atom is -0.325 e. The normalized spacial score (nSPS) is 11.5. The van der Waals surface area contributed by atoms with Gasteiger partial charge in [0.1, 0.15) is 5.70 Å². The molecule has 3 N–H and O–H groups in total. The highest BCUT2D eigenvalue weighted by atomic mass is 35.5. The van der Waals surface area contributed by atoms with Crippen LogP contribution in [0.1, 0.15) is 21.5 Å².